The quantitative estimate of drug-likeness (QED) is 0.501. The molecule has 0 bridgehead atoms. The molecule has 0 aliphatic carbocycles. The van der Waals surface area contributed by atoms with Gasteiger partial charge in [-0.05, 0) is 49.2 Å². The molecule has 1 aromatic heterocycles. The molecule has 0 spiro atoms. The molecule has 3 aromatic rings. The van der Waals surface area contributed by atoms with Crippen molar-refractivity contribution in [2.45, 2.75) is 19.4 Å². The van der Waals surface area contributed by atoms with Crippen molar-refractivity contribution in [3.05, 3.63) is 77.9 Å². The van der Waals surface area contributed by atoms with E-state index in [4.69, 9.17) is 4.52 Å². The minimum Gasteiger partial charge on any atom is -0.340 e. The molecule has 8 heteroatoms. The number of likely N-dealkylation sites (tertiary alicyclic amines) is 1. The average Bonchev–Trinajstić information content (AvgIpc) is 3.38. The highest BCUT2D eigenvalue weighted by Crippen LogP contribution is 2.22. The molecular weight excluding hydrogens is 457 g/mol. The van der Waals surface area contributed by atoms with Crippen LogP contribution in [0.15, 0.2) is 65.2 Å². The molecule has 188 valence electrons. The monoisotopic (exact) mass is 489 g/mol. The van der Waals surface area contributed by atoms with E-state index in [1.54, 1.807) is 12.1 Å². The van der Waals surface area contributed by atoms with Crippen LogP contribution in [0.25, 0.3) is 17.5 Å². The summed E-state index contributed by atoms with van der Waals surface area (Å²) >= 11 is 0. The summed E-state index contributed by atoms with van der Waals surface area (Å²) in [6, 6.07) is 16.4. The number of carbonyl (C=O) groups is 1. The van der Waals surface area contributed by atoms with Crippen molar-refractivity contribution in [3.8, 4) is 11.4 Å². The zero-order valence-corrected chi connectivity index (χ0v) is 20.4. The largest absolute Gasteiger partial charge is 0.340 e. The third-order valence-corrected chi connectivity index (χ3v) is 6.94. The van der Waals surface area contributed by atoms with Gasteiger partial charge in [-0.2, -0.15) is 4.98 Å². The molecule has 2 aliphatic heterocycles. The normalized spacial score (nSPS) is 19.7. The third kappa shape index (κ3) is 6.25. The second-order valence-corrected chi connectivity index (χ2v) is 9.53. The van der Waals surface area contributed by atoms with Crippen LogP contribution in [-0.4, -0.2) is 76.6 Å². The van der Waals surface area contributed by atoms with Crippen LogP contribution in [0.1, 0.15) is 24.3 Å². The molecule has 2 aromatic carbocycles. The lowest BCUT2D eigenvalue weighted by Crippen LogP contribution is -2.52. The van der Waals surface area contributed by atoms with Crippen LogP contribution in [-0.2, 0) is 11.3 Å². The summed E-state index contributed by atoms with van der Waals surface area (Å²) in [4.78, 5) is 24.4. The first kappa shape index (κ1) is 24.3. The fourth-order valence-corrected chi connectivity index (χ4v) is 4.94. The van der Waals surface area contributed by atoms with Crippen molar-refractivity contribution in [1.82, 2.24) is 24.8 Å². The third-order valence-electron chi connectivity index (χ3n) is 6.94. The molecule has 2 saturated heterocycles. The van der Waals surface area contributed by atoms with Gasteiger partial charge in [0, 0.05) is 44.8 Å². The van der Waals surface area contributed by atoms with Gasteiger partial charge in [0.15, 0.2) is 0 Å². The predicted octanol–water partition coefficient (Wildman–Crippen LogP) is 3.95. The number of aromatic nitrogens is 2. The number of hydrogen-bond donors (Lipinski definition) is 0. The van der Waals surface area contributed by atoms with Crippen molar-refractivity contribution in [3.63, 3.8) is 0 Å². The van der Waals surface area contributed by atoms with Crippen LogP contribution in [0, 0.1) is 11.7 Å². The molecule has 1 amide bonds. The summed E-state index contributed by atoms with van der Waals surface area (Å²) in [6.07, 6.45) is 6.24. The lowest BCUT2D eigenvalue weighted by Gasteiger charge is -2.38. The molecule has 2 fully saturated rings. The first-order valence-corrected chi connectivity index (χ1v) is 12.7. The molecule has 0 saturated carbocycles. The van der Waals surface area contributed by atoms with Crippen LogP contribution in [0.3, 0.4) is 0 Å². The summed E-state index contributed by atoms with van der Waals surface area (Å²) in [5.41, 5.74) is 1.92. The van der Waals surface area contributed by atoms with Gasteiger partial charge in [0.05, 0.1) is 12.5 Å². The smallest absolute Gasteiger partial charge is 0.241 e. The number of piperidine rings is 1. The summed E-state index contributed by atoms with van der Waals surface area (Å²) in [7, 11) is 0. The topological polar surface area (TPSA) is 65.7 Å². The van der Waals surface area contributed by atoms with E-state index in [2.05, 4.69) is 44.2 Å². The maximum atomic E-state index is 13.3. The summed E-state index contributed by atoms with van der Waals surface area (Å²) in [5, 5.41) is 4.03. The van der Waals surface area contributed by atoms with E-state index in [9.17, 15) is 9.18 Å². The highest BCUT2D eigenvalue weighted by molar-refractivity contribution is 5.79. The number of halogens is 1. The molecule has 7 nitrogen and oxygen atoms in total. The van der Waals surface area contributed by atoms with Crippen molar-refractivity contribution in [1.29, 1.82) is 0 Å². The van der Waals surface area contributed by atoms with Gasteiger partial charge in [-0.1, -0.05) is 47.6 Å². The van der Waals surface area contributed by atoms with Crippen molar-refractivity contribution in [2.75, 3.05) is 45.8 Å². The predicted molar refractivity (Wildman–Crippen MR) is 136 cm³/mol. The maximum Gasteiger partial charge on any atom is 0.241 e. The SMILES string of the molecule is O=C(C1CCCN(Cc2nc(-c3ccc(F)cc3)no2)C1)N1CCN(C/C=C/c2ccccc2)CC1. The van der Waals surface area contributed by atoms with Gasteiger partial charge in [-0.25, -0.2) is 4.39 Å². The van der Waals surface area contributed by atoms with E-state index < -0.39 is 0 Å². The molecule has 1 unspecified atom stereocenters. The average molecular weight is 490 g/mol. The molecule has 0 radical (unpaired) electrons. The Morgan fingerprint density at radius 3 is 2.56 bits per heavy atom. The van der Waals surface area contributed by atoms with Crippen LogP contribution in [0.5, 0.6) is 0 Å². The number of piperazine rings is 1. The Balaban J connectivity index is 1.09. The fraction of sp³-hybridized carbons (Fsp3) is 0.393. The first-order valence-electron chi connectivity index (χ1n) is 12.7. The van der Waals surface area contributed by atoms with E-state index in [1.807, 2.05) is 23.1 Å². The highest BCUT2D eigenvalue weighted by Gasteiger charge is 2.31. The number of carbonyl (C=O) groups excluding carboxylic acids is 1. The summed E-state index contributed by atoms with van der Waals surface area (Å²) < 4.78 is 18.6. The van der Waals surface area contributed by atoms with E-state index in [1.165, 1.54) is 17.7 Å². The van der Waals surface area contributed by atoms with Crippen molar-refractivity contribution < 1.29 is 13.7 Å². The van der Waals surface area contributed by atoms with E-state index in [0.717, 1.165) is 52.1 Å². The number of rotatable bonds is 7. The maximum absolute atomic E-state index is 13.3. The minimum atomic E-state index is -0.298. The molecule has 2 aliphatic rings. The molecule has 0 N–H and O–H groups in total. The van der Waals surface area contributed by atoms with Crippen molar-refractivity contribution >= 4 is 12.0 Å². The molecule has 36 heavy (non-hydrogen) atoms. The Hall–Kier alpha value is -3.36. The van der Waals surface area contributed by atoms with Gasteiger partial charge in [-0.15, -0.1) is 0 Å². The van der Waals surface area contributed by atoms with Crippen LogP contribution in [0.4, 0.5) is 4.39 Å². The fourth-order valence-electron chi connectivity index (χ4n) is 4.94. The van der Waals surface area contributed by atoms with Crippen LogP contribution < -0.4 is 0 Å². The van der Waals surface area contributed by atoms with Gasteiger partial charge < -0.3 is 9.42 Å². The van der Waals surface area contributed by atoms with E-state index >= 15 is 0 Å². The van der Waals surface area contributed by atoms with Gasteiger partial charge >= 0.3 is 0 Å². The Morgan fingerprint density at radius 2 is 1.78 bits per heavy atom. The number of nitrogens with zero attached hydrogens (tertiary/aromatic N) is 5. The standard InChI is InChI=1S/C28H32FN5O2/c29-25-12-10-23(11-13-25)27-30-26(36-31-27)21-33-15-5-9-24(20-33)28(35)34-18-16-32(17-19-34)14-4-8-22-6-2-1-3-7-22/h1-4,6-8,10-13,24H,5,9,14-21H2/b8-4+. The minimum absolute atomic E-state index is 0.00256. The van der Waals surface area contributed by atoms with E-state index in [-0.39, 0.29) is 17.6 Å². The lowest BCUT2D eigenvalue weighted by molar-refractivity contribution is -0.139. The molecule has 3 heterocycles. The molecule has 1 atom stereocenters. The van der Waals surface area contributed by atoms with E-state index in [0.29, 0.717) is 30.4 Å². The number of benzene rings is 2. The molecule has 5 rings (SSSR count). The van der Waals surface area contributed by atoms with Gasteiger partial charge in [0.2, 0.25) is 17.6 Å². The zero-order chi connectivity index (χ0) is 24.7. The van der Waals surface area contributed by atoms with Gasteiger partial charge in [0.25, 0.3) is 0 Å². The highest BCUT2D eigenvalue weighted by atomic mass is 19.1. The summed E-state index contributed by atoms with van der Waals surface area (Å²) in [6.45, 7) is 6.37. The zero-order valence-electron chi connectivity index (χ0n) is 20.4. The number of amides is 1. The summed E-state index contributed by atoms with van der Waals surface area (Å²) in [5.74, 6) is 0.929. The van der Waals surface area contributed by atoms with Crippen molar-refractivity contribution in [2.24, 2.45) is 5.92 Å². The van der Waals surface area contributed by atoms with Crippen LogP contribution in [0.2, 0.25) is 0 Å². The Bertz CT molecular complexity index is 1160. The van der Waals surface area contributed by atoms with Gasteiger partial charge in [0.1, 0.15) is 5.82 Å². The molecular formula is C28H32FN5O2. The second kappa shape index (κ2) is 11.6. The Morgan fingerprint density at radius 1 is 1.00 bits per heavy atom. The Kier molecular flexibility index (Phi) is 7.83. The first-order chi connectivity index (χ1) is 17.6. The lowest BCUT2D eigenvalue weighted by atomic mass is 9.96. The second-order valence-electron chi connectivity index (χ2n) is 9.53. The Labute approximate surface area is 211 Å². The van der Waals surface area contributed by atoms with Gasteiger partial charge in [-0.3, -0.25) is 14.6 Å². The van der Waals surface area contributed by atoms with Crippen LogP contribution >= 0.6 is 0 Å². The number of hydrogen-bond acceptors (Lipinski definition) is 6.